The van der Waals surface area contributed by atoms with E-state index in [1.54, 1.807) is 24.8 Å². The van der Waals surface area contributed by atoms with Crippen molar-refractivity contribution in [3.05, 3.63) is 35.1 Å². The van der Waals surface area contributed by atoms with Gasteiger partial charge in [0, 0.05) is 11.8 Å². The number of nitrogens with one attached hydrogen (secondary N) is 1. The lowest BCUT2D eigenvalue weighted by atomic mass is 10.1. The highest BCUT2D eigenvalue weighted by Gasteiger charge is 2.11. The van der Waals surface area contributed by atoms with E-state index in [4.69, 9.17) is 0 Å². The standard InChI is InChI=1S/C13H20FNS/c1-4-7-15-13(9-16-3)11-6-5-10(2)12(14)8-11/h5-6,8,13,15H,4,7,9H2,1-3H3. The molecule has 0 fully saturated rings. The van der Waals surface area contributed by atoms with Crippen molar-refractivity contribution in [1.29, 1.82) is 0 Å². The lowest BCUT2D eigenvalue weighted by Crippen LogP contribution is -2.24. The van der Waals surface area contributed by atoms with Gasteiger partial charge in [-0.2, -0.15) is 11.8 Å². The summed E-state index contributed by atoms with van der Waals surface area (Å²) >= 11 is 1.78. The van der Waals surface area contributed by atoms with Crippen molar-refractivity contribution in [3.8, 4) is 0 Å². The second-order valence-electron chi connectivity index (χ2n) is 3.97. The van der Waals surface area contributed by atoms with Gasteiger partial charge < -0.3 is 5.32 Å². The molecule has 1 aromatic carbocycles. The smallest absolute Gasteiger partial charge is 0.126 e. The normalized spacial score (nSPS) is 12.8. The molecule has 1 atom stereocenters. The molecule has 0 aliphatic rings. The van der Waals surface area contributed by atoms with Crippen LogP contribution in [-0.2, 0) is 0 Å². The lowest BCUT2D eigenvalue weighted by molar-refractivity contribution is 0.566. The van der Waals surface area contributed by atoms with E-state index in [0.717, 1.165) is 24.3 Å². The molecule has 90 valence electrons. The van der Waals surface area contributed by atoms with Crippen LogP contribution in [0, 0.1) is 12.7 Å². The maximum Gasteiger partial charge on any atom is 0.126 e. The molecular weight excluding hydrogens is 221 g/mol. The van der Waals surface area contributed by atoms with Crippen molar-refractivity contribution in [2.24, 2.45) is 0 Å². The Labute approximate surface area is 102 Å². The van der Waals surface area contributed by atoms with Gasteiger partial charge >= 0.3 is 0 Å². The fourth-order valence-electron chi connectivity index (χ4n) is 1.58. The third-order valence-electron chi connectivity index (χ3n) is 2.57. The monoisotopic (exact) mass is 241 g/mol. The van der Waals surface area contributed by atoms with Crippen LogP contribution in [0.1, 0.15) is 30.5 Å². The lowest BCUT2D eigenvalue weighted by Gasteiger charge is -2.18. The number of hydrogen-bond acceptors (Lipinski definition) is 2. The van der Waals surface area contributed by atoms with Gasteiger partial charge in [-0.25, -0.2) is 4.39 Å². The highest BCUT2D eigenvalue weighted by molar-refractivity contribution is 7.98. The van der Waals surface area contributed by atoms with Gasteiger partial charge in [-0.05, 0) is 43.3 Å². The average Bonchev–Trinajstić information content (AvgIpc) is 2.28. The molecule has 1 rings (SSSR count). The molecule has 0 aliphatic heterocycles. The molecule has 0 aromatic heterocycles. The van der Waals surface area contributed by atoms with Crippen molar-refractivity contribution >= 4 is 11.8 Å². The van der Waals surface area contributed by atoms with Crippen LogP contribution >= 0.6 is 11.8 Å². The Kier molecular flexibility index (Phi) is 5.85. The molecule has 3 heteroatoms. The van der Waals surface area contributed by atoms with Crippen LogP contribution in [0.15, 0.2) is 18.2 Å². The highest BCUT2D eigenvalue weighted by Crippen LogP contribution is 2.19. The summed E-state index contributed by atoms with van der Waals surface area (Å²) in [6, 6.07) is 5.77. The zero-order valence-electron chi connectivity index (χ0n) is 10.2. The summed E-state index contributed by atoms with van der Waals surface area (Å²) < 4.78 is 13.5. The van der Waals surface area contributed by atoms with E-state index < -0.39 is 0 Å². The number of rotatable bonds is 6. The van der Waals surface area contributed by atoms with Crippen LogP contribution in [0.25, 0.3) is 0 Å². The van der Waals surface area contributed by atoms with Crippen LogP contribution in [-0.4, -0.2) is 18.6 Å². The minimum absolute atomic E-state index is 0.109. The van der Waals surface area contributed by atoms with Crippen LogP contribution in [0.5, 0.6) is 0 Å². The van der Waals surface area contributed by atoms with Gasteiger partial charge in [-0.1, -0.05) is 19.1 Å². The van der Waals surface area contributed by atoms with Crippen LogP contribution < -0.4 is 5.32 Å². The van der Waals surface area contributed by atoms with E-state index in [1.807, 2.05) is 12.1 Å². The second-order valence-corrected chi connectivity index (χ2v) is 4.88. The van der Waals surface area contributed by atoms with Gasteiger partial charge in [0.15, 0.2) is 0 Å². The van der Waals surface area contributed by atoms with Crippen LogP contribution in [0.2, 0.25) is 0 Å². The molecule has 0 amide bonds. The van der Waals surface area contributed by atoms with Gasteiger partial charge in [0.05, 0.1) is 0 Å². The summed E-state index contributed by atoms with van der Waals surface area (Å²) in [5.41, 5.74) is 1.76. The minimum atomic E-state index is -0.109. The maximum atomic E-state index is 13.5. The topological polar surface area (TPSA) is 12.0 Å². The van der Waals surface area contributed by atoms with Crippen molar-refractivity contribution in [1.82, 2.24) is 5.32 Å². The Morgan fingerprint density at radius 3 is 2.75 bits per heavy atom. The predicted octanol–water partition coefficient (Wildman–Crippen LogP) is 3.54. The first-order chi connectivity index (χ1) is 7.69. The Morgan fingerprint density at radius 1 is 1.44 bits per heavy atom. The first-order valence-electron chi connectivity index (χ1n) is 5.67. The molecule has 1 unspecified atom stereocenters. The zero-order chi connectivity index (χ0) is 12.0. The van der Waals surface area contributed by atoms with E-state index in [0.29, 0.717) is 5.56 Å². The SMILES string of the molecule is CCCNC(CSC)c1ccc(C)c(F)c1. The molecule has 16 heavy (non-hydrogen) atoms. The Balaban J connectivity index is 2.78. The molecule has 0 saturated carbocycles. The Morgan fingerprint density at radius 2 is 2.19 bits per heavy atom. The summed E-state index contributed by atoms with van der Waals surface area (Å²) in [6.45, 7) is 4.90. The van der Waals surface area contributed by atoms with Gasteiger partial charge in [0.2, 0.25) is 0 Å². The van der Waals surface area contributed by atoms with Crippen molar-refractivity contribution in [2.45, 2.75) is 26.3 Å². The number of aryl methyl sites for hydroxylation is 1. The van der Waals surface area contributed by atoms with Crippen LogP contribution in [0.3, 0.4) is 0 Å². The van der Waals surface area contributed by atoms with Gasteiger partial charge in [-0.15, -0.1) is 0 Å². The number of hydrogen-bond donors (Lipinski definition) is 1. The largest absolute Gasteiger partial charge is 0.309 e. The van der Waals surface area contributed by atoms with Gasteiger partial charge in [0.1, 0.15) is 5.82 Å². The fraction of sp³-hybridized carbons (Fsp3) is 0.538. The summed E-state index contributed by atoms with van der Waals surface area (Å²) in [6.07, 6.45) is 3.17. The zero-order valence-corrected chi connectivity index (χ0v) is 11.0. The van der Waals surface area contributed by atoms with E-state index in [2.05, 4.69) is 18.5 Å². The van der Waals surface area contributed by atoms with Crippen molar-refractivity contribution in [3.63, 3.8) is 0 Å². The summed E-state index contributed by atoms with van der Waals surface area (Å²) in [5, 5.41) is 3.45. The highest BCUT2D eigenvalue weighted by atomic mass is 32.2. The quantitative estimate of drug-likeness (QED) is 0.817. The molecule has 1 aromatic rings. The van der Waals surface area contributed by atoms with Gasteiger partial charge in [0.25, 0.3) is 0 Å². The van der Waals surface area contributed by atoms with E-state index in [9.17, 15) is 4.39 Å². The first kappa shape index (κ1) is 13.5. The molecule has 0 bridgehead atoms. The molecule has 0 spiro atoms. The predicted molar refractivity (Wildman–Crippen MR) is 70.6 cm³/mol. The molecule has 1 N–H and O–H groups in total. The molecule has 1 nitrogen and oxygen atoms in total. The molecule has 0 heterocycles. The Hall–Kier alpha value is -0.540. The van der Waals surface area contributed by atoms with Crippen molar-refractivity contribution < 1.29 is 4.39 Å². The fourth-order valence-corrected chi connectivity index (χ4v) is 2.23. The number of thioether (sulfide) groups is 1. The van der Waals surface area contributed by atoms with Crippen molar-refractivity contribution in [2.75, 3.05) is 18.6 Å². The molecule has 0 radical (unpaired) electrons. The summed E-state index contributed by atoms with van der Waals surface area (Å²) in [5.74, 6) is 0.865. The third-order valence-corrected chi connectivity index (χ3v) is 3.24. The number of benzene rings is 1. The average molecular weight is 241 g/mol. The molecule has 0 aliphatic carbocycles. The minimum Gasteiger partial charge on any atom is -0.309 e. The van der Waals surface area contributed by atoms with E-state index in [-0.39, 0.29) is 11.9 Å². The second kappa shape index (κ2) is 6.92. The van der Waals surface area contributed by atoms with E-state index in [1.165, 1.54) is 0 Å². The van der Waals surface area contributed by atoms with Gasteiger partial charge in [-0.3, -0.25) is 0 Å². The summed E-state index contributed by atoms with van der Waals surface area (Å²) in [4.78, 5) is 0. The number of halogens is 1. The Bertz CT molecular complexity index is 328. The summed E-state index contributed by atoms with van der Waals surface area (Å²) in [7, 11) is 0. The maximum absolute atomic E-state index is 13.5. The third kappa shape index (κ3) is 3.80. The van der Waals surface area contributed by atoms with Crippen LogP contribution in [0.4, 0.5) is 4.39 Å². The molecule has 0 saturated heterocycles. The van der Waals surface area contributed by atoms with E-state index >= 15 is 0 Å². The first-order valence-corrected chi connectivity index (χ1v) is 7.06. The molecular formula is C13H20FNS.